The molecule has 0 saturated heterocycles. The number of phenols is 1. The predicted molar refractivity (Wildman–Crippen MR) is 167 cm³/mol. The molecule has 1 aliphatic carbocycles. The van der Waals surface area contributed by atoms with Gasteiger partial charge in [0.1, 0.15) is 10.8 Å². The molecule has 2 aromatic heterocycles. The van der Waals surface area contributed by atoms with Crippen LogP contribution in [0.4, 0.5) is 0 Å². The molecule has 5 aromatic carbocycles. The molecule has 0 amide bonds. The summed E-state index contributed by atoms with van der Waals surface area (Å²) in [6, 6.07) is 46.2. The second kappa shape index (κ2) is 9.26. The van der Waals surface area contributed by atoms with E-state index in [1.807, 2.05) is 30.5 Å². The van der Waals surface area contributed by atoms with Crippen LogP contribution < -0.4 is 0 Å². The van der Waals surface area contributed by atoms with Gasteiger partial charge in [0.15, 0.2) is 0 Å². The molecule has 194 valence electrons. The molecule has 0 bridgehead atoms. The SMILES string of the molecule is Oc1ccccc1-c1nc2c(-c3cccc(C4(c5ccccn5)c5ccccc5-c5ccccc54)c3)cccc2s1. The molecule has 0 saturated carbocycles. The average molecular weight is 545 g/mol. The van der Waals surface area contributed by atoms with E-state index in [9.17, 15) is 5.11 Å². The molecule has 3 nitrogen and oxygen atoms in total. The van der Waals surface area contributed by atoms with Crippen LogP contribution >= 0.6 is 11.3 Å². The minimum absolute atomic E-state index is 0.242. The fourth-order valence-electron chi connectivity index (χ4n) is 6.43. The van der Waals surface area contributed by atoms with Crippen LogP contribution in [0.3, 0.4) is 0 Å². The van der Waals surface area contributed by atoms with Crippen molar-refractivity contribution in [1.29, 1.82) is 0 Å². The zero-order valence-corrected chi connectivity index (χ0v) is 22.8. The van der Waals surface area contributed by atoms with Gasteiger partial charge in [-0.25, -0.2) is 4.98 Å². The van der Waals surface area contributed by atoms with Crippen LogP contribution in [0, 0.1) is 0 Å². The molecule has 1 aliphatic rings. The van der Waals surface area contributed by atoms with Gasteiger partial charge < -0.3 is 5.11 Å². The Morgan fingerprint density at radius 3 is 1.98 bits per heavy atom. The van der Waals surface area contributed by atoms with Crippen LogP contribution in [0.15, 0.2) is 140 Å². The van der Waals surface area contributed by atoms with Gasteiger partial charge >= 0.3 is 0 Å². The van der Waals surface area contributed by atoms with Crippen molar-refractivity contribution in [2.75, 3.05) is 0 Å². The number of aromatic nitrogens is 2. The Hall–Kier alpha value is -5.06. The Bertz CT molecular complexity index is 2030. The average Bonchev–Trinajstić information content (AvgIpc) is 3.60. The van der Waals surface area contributed by atoms with E-state index in [4.69, 9.17) is 9.97 Å². The number of hydrogen-bond donors (Lipinski definition) is 1. The molecular formula is C37H24N2OS. The monoisotopic (exact) mass is 544 g/mol. The minimum Gasteiger partial charge on any atom is -0.507 e. The molecule has 2 heterocycles. The maximum atomic E-state index is 10.5. The second-order valence-electron chi connectivity index (χ2n) is 10.3. The van der Waals surface area contributed by atoms with Crippen molar-refractivity contribution in [2.45, 2.75) is 5.41 Å². The van der Waals surface area contributed by atoms with Crippen LogP contribution in [0.2, 0.25) is 0 Å². The summed E-state index contributed by atoms with van der Waals surface area (Å²) in [6.45, 7) is 0. The van der Waals surface area contributed by atoms with Crippen molar-refractivity contribution in [1.82, 2.24) is 9.97 Å². The van der Waals surface area contributed by atoms with Gasteiger partial charge in [-0.3, -0.25) is 4.98 Å². The zero-order valence-electron chi connectivity index (χ0n) is 22.0. The standard InChI is InChI=1S/C37H24N2OS/c40-32-19-6-3-15-29(32)36-39-35-26(16-10-20-33(35)41-36)24-11-9-12-25(23-24)37(34-21-7-8-22-38-34)30-17-4-1-13-27(30)28-14-2-5-18-31(28)37/h1-23,40H. The number of aromatic hydroxyl groups is 1. The lowest BCUT2D eigenvalue weighted by atomic mass is 9.69. The molecule has 0 spiro atoms. The molecular weight excluding hydrogens is 520 g/mol. The number of fused-ring (bicyclic) bond motifs is 4. The fourth-order valence-corrected chi connectivity index (χ4v) is 7.45. The molecule has 0 radical (unpaired) electrons. The van der Waals surface area contributed by atoms with Crippen molar-refractivity contribution < 1.29 is 5.11 Å². The van der Waals surface area contributed by atoms with E-state index in [-0.39, 0.29) is 5.75 Å². The number of phenolic OH excluding ortho intramolecular Hbond substituents is 1. The second-order valence-corrected chi connectivity index (χ2v) is 11.4. The van der Waals surface area contributed by atoms with Crippen LogP contribution in [-0.4, -0.2) is 15.1 Å². The van der Waals surface area contributed by atoms with Crippen molar-refractivity contribution in [2.24, 2.45) is 0 Å². The van der Waals surface area contributed by atoms with Gasteiger partial charge in [-0.1, -0.05) is 97.1 Å². The summed E-state index contributed by atoms with van der Waals surface area (Å²) in [4.78, 5) is 10.0. The van der Waals surface area contributed by atoms with Gasteiger partial charge in [0.05, 0.1) is 26.9 Å². The molecule has 8 rings (SSSR count). The summed E-state index contributed by atoms with van der Waals surface area (Å²) >= 11 is 1.60. The smallest absolute Gasteiger partial charge is 0.128 e. The van der Waals surface area contributed by atoms with Gasteiger partial charge in [-0.2, -0.15) is 0 Å². The van der Waals surface area contributed by atoms with Crippen molar-refractivity contribution in [3.8, 4) is 38.6 Å². The summed E-state index contributed by atoms with van der Waals surface area (Å²) < 4.78 is 1.09. The Morgan fingerprint density at radius 1 is 0.585 bits per heavy atom. The molecule has 0 aliphatic heterocycles. The number of hydrogen-bond acceptors (Lipinski definition) is 4. The first-order valence-corrected chi connectivity index (χ1v) is 14.5. The maximum Gasteiger partial charge on any atom is 0.128 e. The number of nitrogens with zero attached hydrogens (tertiary/aromatic N) is 2. The molecule has 1 N–H and O–H groups in total. The van der Waals surface area contributed by atoms with E-state index < -0.39 is 5.41 Å². The van der Waals surface area contributed by atoms with Crippen molar-refractivity contribution in [3.05, 3.63) is 162 Å². The van der Waals surface area contributed by atoms with E-state index in [1.54, 1.807) is 17.4 Å². The normalized spacial score (nSPS) is 13.2. The van der Waals surface area contributed by atoms with Crippen LogP contribution in [-0.2, 0) is 5.41 Å². The van der Waals surface area contributed by atoms with Gasteiger partial charge in [0.25, 0.3) is 0 Å². The molecule has 0 atom stereocenters. The highest BCUT2D eigenvalue weighted by Crippen LogP contribution is 2.55. The highest BCUT2D eigenvalue weighted by molar-refractivity contribution is 7.21. The van der Waals surface area contributed by atoms with Gasteiger partial charge in [-0.05, 0) is 69.8 Å². The molecule has 0 fully saturated rings. The third kappa shape index (κ3) is 3.51. The van der Waals surface area contributed by atoms with Crippen LogP contribution in [0.1, 0.15) is 22.4 Å². The quantitative estimate of drug-likeness (QED) is 0.240. The van der Waals surface area contributed by atoms with Gasteiger partial charge in [-0.15, -0.1) is 11.3 Å². The first kappa shape index (κ1) is 23.8. The summed E-state index contributed by atoms with van der Waals surface area (Å²) in [6.07, 6.45) is 1.89. The summed E-state index contributed by atoms with van der Waals surface area (Å²) in [5, 5.41) is 11.3. The Morgan fingerprint density at radius 2 is 1.24 bits per heavy atom. The number of benzene rings is 5. The third-order valence-corrected chi connectivity index (χ3v) is 9.22. The number of para-hydroxylation sites is 2. The number of rotatable bonds is 4. The lowest BCUT2D eigenvalue weighted by Crippen LogP contribution is -2.29. The Labute approximate surface area is 242 Å². The highest BCUT2D eigenvalue weighted by atomic mass is 32.1. The van der Waals surface area contributed by atoms with Crippen molar-refractivity contribution >= 4 is 21.6 Å². The lowest BCUT2D eigenvalue weighted by Gasteiger charge is -2.33. The largest absolute Gasteiger partial charge is 0.507 e. The van der Waals surface area contributed by atoms with E-state index in [0.717, 1.165) is 37.6 Å². The Kier molecular flexibility index (Phi) is 5.37. The van der Waals surface area contributed by atoms with Crippen LogP contribution in [0.25, 0.3) is 43.0 Å². The maximum absolute atomic E-state index is 10.5. The van der Waals surface area contributed by atoms with E-state index >= 15 is 0 Å². The number of pyridine rings is 1. The summed E-state index contributed by atoms with van der Waals surface area (Å²) in [5.41, 5.74) is 10.4. The predicted octanol–water partition coefficient (Wildman–Crippen LogP) is 9.09. The minimum atomic E-state index is -0.554. The lowest BCUT2D eigenvalue weighted by molar-refractivity contribution is 0.477. The summed E-state index contributed by atoms with van der Waals surface area (Å²) in [7, 11) is 0. The molecule has 41 heavy (non-hydrogen) atoms. The molecule has 0 unspecified atom stereocenters. The zero-order chi connectivity index (χ0) is 27.4. The molecule has 7 aromatic rings. The van der Waals surface area contributed by atoms with Crippen molar-refractivity contribution in [3.63, 3.8) is 0 Å². The first-order chi connectivity index (χ1) is 20.2. The van der Waals surface area contributed by atoms with Crippen LogP contribution in [0.5, 0.6) is 5.75 Å². The van der Waals surface area contributed by atoms with E-state index in [0.29, 0.717) is 0 Å². The van der Waals surface area contributed by atoms with Gasteiger partial charge in [0, 0.05) is 11.8 Å². The summed E-state index contributed by atoms with van der Waals surface area (Å²) in [5.74, 6) is 0.242. The first-order valence-electron chi connectivity index (χ1n) is 13.6. The van der Waals surface area contributed by atoms with E-state index in [1.165, 1.54) is 27.8 Å². The highest BCUT2D eigenvalue weighted by Gasteiger charge is 2.47. The molecule has 4 heteroatoms. The topological polar surface area (TPSA) is 46.0 Å². The van der Waals surface area contributed by atoms with Gasteiger partial charge in [0.2, 0.25) is 0 Å². The number of thiazole rings is 1. The van der Waals surface area contributed by atoms with E-state index in [2.05, 4.69) is 103 Å². The Balaban J connectivity index is 1.38. The fraction of sp³-hybridized carbons (Fsp3) is 0.0270. The third-order valence-electron chi connectivity index (χ3n) is 8.16.